The third-order valence-electron chi connectivity index (χ3n) is 2.61. The Labute approximate surface area is 138 Å². The first-order valence-corrected chi connectivity index (χ1v) is 9.36. The van der Waals surface area contributed by atoms with E-state index in [9.17, 15) is 0 Å². The second-order valence-corrected chi connectivity index (χ2v) is 9.11. The van der Waals surface area contributed by atoms with Gasteiger partial charge in [0.2, 0.25) is 0 Å². The summed E-state index contributed by atoms with van der Waals surface area (Å²) in [5.74, 6) is 0. The van der Waals surface area contributed by atoms with E-state index in [4.69, 9.17) is 0 Å². The molecule has 2 aromatic heterocycles. The number of rotatable bonds is 2. The Kier molecular flexibility index (Phi) is 3.97. The summed E-state index contributed by atoms with van der Waals surface area (Å²) in [5, 5.41) is 1.32. The first-order valence-electron chi connectivity index (χ1n) is 5.22. The molecule has 0 amide bonds. The lowest BCUT2D eigenvalue weighted by Crippen LogP contribution is -1.83. The van der Waals surface area contributed by atoms with Gasteiger partial charge in [0.1, 0.15) is 0 Å². The third-order valence-corrected chi connectivity index (χ3v) is 8.70. The minimum atomic E-state index is 0.266. The van der Waals surface area contributed by atoms with E-state index in [1.54, 1.807) is 11.3 Å². The molecule has 18 heavy (non-hydrogen) atoms. The third kappa shape index (κ3) is 2.48. The minimum Gasteiger partial charge on any atom is -0.139 e. The summed E-state index contributed by atoms with van der Waals surface area (Å²) < 4.78 is 3.60. The molecule has 0 radical (unpaired) electrons. The first kappa shape index (κ1) is 13.3. The van der Waals surface area contributed by atoms with Gasteiger partial charge in [-0.25, -0.2) is 0 Å². The van der Waals surface area contributed by atoms with Crippen LogP contribution in [-0.4, -0.2) is 0 Å². The van der Waals surface area contributed by atoms with Crippen molar-refractivity contribution in [2.75, 3.05) is 0 Å². The molecule has 2 heterocycles. The highest BCUT2D eigenvalue weighted by Crippen LogP contribution is 2.44. The SMILES string of the molecule is Brc1cc(C(Br)c2cc3ccccc3s2)sc1Br. The van der Waals surface area contributed by atoms with Crippen molar-refractivity contribution in [1.29, 1.82) is 0 Å². The fourth-order valence-electron chi connectivity index (χ4n) is 1.76. The standard InChI is InChI=1S/C13H7Br3S2/c14-8-6-11(18-13(8)16)12(15)10-5-7-3-1-2-4-9(7)17-10/h1-6,12H. The highest BCUT2D eigenvalue weighted by molar-refractivity contribution is 9.13. The van der Waals surface area contributed by atoms with Crippen molar-refractivity contribution in [3.05, 3.63) is 54.4 Å². The molecule has 0 bridgehead atoms. The van der Waals surface area contributed by atoms with E-state index in [0.29, 0.717) is 0 Å². The van der Waals surface area contributed by atoms with Gasteiger partial charge in [-0.3, -0.25) is 0 Å². The van der Waals surface area contributed by atoms with Crippen molar-refractivity contribution in [2.24, 2.45) is 0 Å². The number of thiophene rings is 2. The monoisotopic (exact) mass is 464 g/mol. The summed E-state index contributed by atoms with van der Waals surface area (Å²) in [4.78, 5) is 2.92. The van der Waals surface area contributed by atoms with Gasteiger partial charge < -0.3 is 0 Å². The van der Waals surface area contributed by atoms with Crippen molar-refractivity contribution in [3.8, 4) is 0 Å². The van der Waals surface area contributed by atoms with E-state index in [1.165, 1.54) is 19.8 Å². The van der Waals surface area contributed by atoms with Gasteiger partial charge in [-0.2, -0.15) is 0 Å². The number of halogens is 3. The molecular weight excluding hydrogens is 460 g/mol. The second-order valence-electron chi connectivity index (χ2n) is 3.82. The molecule has 1 unspecified atom stereocenters. The molecule has 5 heteroatoms. The van der Waals surface area contributed by atoms with Gasteiger partial charge in [0, 0.05) is 18.9 Å². The van der Waals surface area contributed by atoms with Gasteiger partial charge in [-0.05, 0) is 55.4 Å². The Morgan fingerprint density at radius 2 is 1.67 bits per heavy atom. The van der Waals surface area contributed by atoms with Crippen LogP contribution in [0.3, 0.4) is 0 Å². The first-order chi connectivity index (χ1) is 8.65. The lowest BCUT2D eigenvalue weighted by atomic mass is 10.2. The Hall–Kier alpha value is 0.320. The molecule has 0 fully saturated rings. The summed E-state index contributed by atoms with van der Waals surface area (Å²) in [6.07, 6.45) is 0. The number of fused-ring (bicyclic) bond motifs is 1. The molecule has 0 saturated carbocycles. The largest absolute Gasteiger partial charge is 0.139 e. The van der Waals surface area contributed by atoms with Crippen LogP contribution in [-0.2, 0) is 0 Å². The molecule has 3 rings (SSSR count). The number of hydrogen-bond acceptors (Lipinski definition) is 2. The lowest BCUT2D eigenvalue weighted by molar-refractivity contribution is 1.29. The van der Waals surface area contributed by atoms with E-state index in [1.807, 2.05) is 11.3 Å². The quantitative estimate of drug-likeness (QED) is 0.357. The van der Waals surface area contributed by atoms with Crippen LogP contribution in [0, 0.1) is 0 Å². The molecule has 0 aliphatic heterocycles. The van der Waals surface area contributed by atoms with Crippen LogP contribution >= 0.6 is 70.5 Å². The average Bonchev–Trinajstić information content (AvgIpc) is 2.93. The topological polar surface area (TPSA) is 0 Å². The molecular formula is C13H7Br3S2. The fourth-order valence-corrected chi connectivity index (χ4v) is 5.80. The maximum absolute atomic E-state index is 3.80. The van der Waals surface area contributed by atoms with Gasteiger partial charge >= 0.3 is 0 Å². The number of hydrogen-bond donors (Lipinski definition) is 0. The maximum Gasteiger partial charge on any atom is 0.0843 e. The van der Waals surface area contributed by atoms with E-state index in [-0.39, 0.29) is 4.83 Å². The predicted octanol–water partition coefficient (Wildman–Crippen LogP) is 6.97. The molecule has 1 aromatic carbocycles. The summed E-state index contributed by atoms with van der Waals surface area (Å²) in [6.45, 7) is 0. The summed E-state index contributed by atoms with van der Waals surface area (Å²) in [6, 6.07) is 12.9. The Morgan fingerprint density at radius 1 is 0.944 bits per heavy atom. The molecule has 0 spiro atoms. The fraction of sp³-hybridized carbons (Fsp3) is 0.0769. The summed E-state index contributed by atoms with van der Waals surface area (Å²) >= 11 is 14.5. The van der Waals surface area contributed by atoms with Gasteiger partial charge in [-0.15, -0.1) is 22.7 Å². The highest BCUT2D eigenvalue weighted by atomic mass is 79.9. The van der Waals surface area contributed by atoms with E-state index in [2.05, 4.69) is 84.2 Å². The Bertz CT molecular complexity index is 647. The highest BCUT2D eigenvalue weighted by Gasteiger charge is 2.17. The van der Waals surface area contributed by atoms with Crippen LogP contribution in [0.15, 0.2) is 44.7 Å². The van der Waals surface area contributed by atoms with Gasteiger partial charge in [0.15, 0.2) is 0 Å². The molecule has 0 aliphatic carbocycles. The molecule has 3 aromatic rings. The molecule has 1 atom stereocenters. The molecule has 92 valence electrons. The van der Waals surface area contributed by atoms with Crippen LogP contribution in [0.4, 0.5) is 0 Å². The van der Waals surface area contributed by atoms with E-state index < -0.39 is 0 Å². The lowest BCUT2D eigenvalue weighted by Gasteiger charge is -2.03. The number of alkyl halides is 1. The summed E-state index contributed by atoms with van der Waals surface area (Å²) in [5.41, 5.74) is 0. The zero-order chi connectivity index (χ0) is 12.7. The predicted molar refractivity (Wildman–Crippen MR) is 92.3 cm³/mol. The second kappa shape index (κ2) is 5.37. The van der Waals surface area contributed by atoms with Crippen molar-refractivity contribution >= 4 is 80.5 Å². The zero-order valence-electron chi connectivity index (χ0n) is 8.99. The van der Waals surface area contributed by atoms with Crippen LogP contribution in [0.25, 0.3) is 10.1 Å². The average molecular weight is 467 g/mol. The molecule has 0 nitrogen and oxygen atoms in total. The summed E-state index contributed by atoms with van der Waals surface area (Å²) in [7, 11) is 0. The van der Waals surface area contributed by atoms with Crippen molar-refractivity contribution in [1.82, 2.24) is 0 Å². The molecule has 0 saturated heterocycles. The van der Waals surface area contributed by atoms with Crippen molar-refractivity contribution < 1.29 is 0 Å². The smallest absolute Gasteiger partial charge is 0.0843 e. The van der Waals surface area contributed by atoms with Crippen LogP contribution < -0.4 is 0 Å². The van der Waals surface area contributed by atoms with Crippen LogP contribution in [0.5, 0.6) is 0 Å². The van der Waals surface area contributed by atoms with Crippen molar-refractivity contribution in [2.45, 2.75) is 4.83 Å². The van der Waals surface area contributed by atoms with Gasteiger partial charge in [-0.1, -0.05) is 34.1 Å². The van der Waals surface area contributed by atoms with E-state index >= 15 is 0 Å². The Balaban J connectivity index is 2.03. The number of benzene rings is 1. The van der Waals surface area contributed by atoms with Crippen LogP contribution in [0.2, 0.25) is 0 Å². The minimum absolute atomic E-state index is 0.266. The Morgan fingerprint density at radius 3 is 2.33 bits per heavy atom. The van der Waals surface area contributed by atoms with Crippen molar-refractivity contribution in [3.63, 3.8) is 0 Å². The van der Waals surface area contributed by atoms with E-state index in [0.717, 1.165) is 8.26 Å². The van der Waals surface area contributed by atoms with Gasteiger partial charge in [0.25, 0.3) is 0 Å². The molecule has 0 aliphatic rings. The normalized spacial score (nSPS) is 13.1. The van der Waals surface area contributed by atoms with Crippen LogP contribution in [0.1, 0.15) is 14.6 Å². The zero-order valence-corrected chi connectivity index (χ0v) is 15.4. The van der Waals surface area contributed by atoms with Gasteiger partial charge in [0.05, 0.1) is 8.61 Å². The molecule has 0 N–H and O–H groups in total. The maximum atomic E-state index is 3.80.